The molecule has 1 saturated heterocycles. The van der Waals surface area contributed by atoms with Gasteiger partial charge in [-0.15, -0.1) is 0 Å². The van der Waals surface area contributed by atoms with Gasteiger partial charge < -0.3 is 14.8 Å². The second-order valence-corrected chi connectivity index (χ2v) is 8.18. The van der Waals surface area contributed by atoms with Crippen molar-refractivity contribution in [3.63, 3.8) is 0 Å². The van der Waals surface area contributed by atoms with E-state index in [-0.39, 0.29) is 5.54 Å². The van der Waals surface area contributed by atoms with E-state index in [2.05, 4.69) is 55.0 Å². The fourth-order valence-corrected chi connectivity index (χ4v) is 3.79. The Kier molecular flexibility index (Phi) is 7.05. The summed E-state index contributed by atoms with van der Waals surface area (Å²) in [4.78, 5) is 6.83. The molecule has 1 aromatic heterocycles. The SMILES string of the molecule is Cc1cc(CNCC(C)(C)N2CCOCC2)cc(C)c1OCc1ccccn1. The number of morpholine rings is 1. The quantitative estimate of drug-likeness (QED) is 0.756. The van der Waals surface area contributed by atoms with Crippen LogP contribution in [0.2, 0.25) is 0 Å². The number of nitrogens with zero attached hydrogens (tertiary/aromatic N) is 2. The Morgan fingerprint density at radius 1 is 1.14 bits per heavy atom. The number of aromatic nitrogens is 1. The van der Waals surface area contributed by atoms with E-state index in [1.807, 2.05) is 18.2 Å². The maximum absolute atomic E-state index is 6.05. The Balaban J connectivity index is 1.55. The van der Waals surface area contributed by atoms with Crippen molar-refractivity contribution in [2.75, 3.05) is 32.8 Å². The molecule has 0 spiro atoms. The minimum absolute atomic E-state index is 0.125. The fourth-order valence-electron chi connectivity index (χ4n) is 3.79. The molecule has 0 amide bonds. The molecule has 0 aliphatic carbocycles. The molecule has 1 fully saturated rings. The lowest BCUT2D eigenvalue weighted by Crippen LogP contribution is -2.54. The Hall–Kier alpha value is -1.95. The molecule has 2 heterocycles. The van der Waals surface area contributed by atoms with Crippen LogP contribution in [0.5, 0.6) is 5.75 Å². The summed E-state index contributed by atoms with van der Waals surface area (Å²) < 4.78 is 11.5. The summed E-state index contributed by atoms with van der Waals surface area (Å²) in [6.07, 6.45) is 1.80. The van der Waals surface area contributed by atoms with E-state index in [1.165, 1.54) is 16.7 Å². The van der Waals surface area contributed by atoms with Crippen LogP contribution in [-0.4, -0.2) is 48.3 Å². The van der Waals surface area contributed by atoms with Crippen LogP contribution in [0.4, 0.5) is 0 Å². The van der Waals surface area contributed by atoms with Crippen molar-refractivity contribution < 1.29 is 9.47 Å². The standard InChI is InChI=1S/C23H33N3O2/c1-18-13-20(15-24-17-23(3,4)26-9-11-27-12-10-26)14-19(2)22(18)28-16-21-7-5-6-8-25-21/h5-8,13-14,24H,9-12,15-17H2,1-4H3. The number of rotatable bonds is 8. The van der Waals surface area contributed by atoms with E-state index in [9.17, 15) is 0 Å². The first-order chi connectivity index (χ1) is 13.5. The number of aryl methyl sites for hydroxylation is 2. The fraction of sp³-hybridized carbons (Fsp3) is 0.522. The van der Waals surface area contributed by atoms with Crippen molar-refractivity contribution >= 4 is 0 Å². The molecular weight excluding hydrogens is 350 g/mol. The molecule has 3 rings (SSSR count). The first-order valence-corrected chi connectivity index (χ1v) is 10.1. The third-order valence-corrected chi connectivity index (χ3v) is 5.36. The zero-order chi connectivity index (χ0) is 20.0. The lowest BCUT2D eigenvalue weighted by molar-refractivity contribution is -0.00966. The Bertz CT molecular complexity index is 733. The largest absolute Gasteiger partial charge is 0.487 e. The average molecular weight is 384 g/mol. The molecule has 1 aliphatic rings. The molecule has 0 radical (unpaired) electrons. The van der Waals surface area contributed by atoms with Gasteiger partial charge in [-0.3, -0.25) is 9.88 Å². The van der Waals surface area contributed by atoms with Crippen LogP contribution in [0, 0.1) is 13.8 Å². The highest BCUT2D eigenvalue weighted by atomic mass is 16.5. The molecule has 152 valence electrons. The molecule has 5 heteroatoms. The summed E-state index contributed by atoms with van der Waals surface area (Å²) in [5.74, 6) is 0.961. The topological polar surface area (TPSA) is 46.6 Å². The maximum atomic E-state index is 6.05. The predicted octanol–water partition coefficient (Wildman–Crippen LogP) is 3.48. The lowest BCUT2D eigenvalue weighted by atomic mass is 10.0. The van der Waals surface area contributed by atoms with Crippen LogP contribution in [0.15, 0.2) is 36.5 Å². The van der Waals surface area contributed by atoms with Crippen molar-refractivity contribution in [3.8, 4) is 5.75 Å². The summed E-state index contributed by atoms with van der Waals surface area (Å²) in [7, 11) is 0. The number of ether oxygens (including phenoxy) is 2. The van der Waals surface area contributed by atoms with E-state index < -0.39 is 0 Å². The van der Waals surface area contributed by atoms with E-state index in [4.69, 9.17) is 9.47 Å². The molecular formula is C23H33N3O2. The van der Waals surface area contributed by atoms with Gasteiger partial charge in [0, 0.05) is 37.9 Å². The number of pyridine rings is 1. The highest BCUT2D eigenvalue weighted by molar-refractivity contribution is 5.43. The van der Waals surface area contributed by atoms with Gasteiger partial charge >= 0.3 is 0 Å². The van der Waals surface area contributed by atoms with Crippen LogP contribution >= 0.6 is 0 Å². The van der Waals surface area contributed by atoms with Gasteiger partial charge in [0.2, 0.25) is 0 Å². The normalized spacial score (nSPS) is 15.6. The van der Waals surface area contributed by atoms with Gasteiger partial charge in [-0.05, 0) is 56.5 Å². The van der Waals surface area contributed by atoms with Crippen molar-refractivity contribution in [1.29, 1.82) is 0 Å². The second kappa shape index (κ2) is 9.50. The van der Waals surface area contributed by atoms with Crippen LogP contribution in [0.1, 0.15) is 36.2 Å². The molecule has 28 heavy (non-hydrogen) atoms. The lowest BCUT2D eigenvalue weighted by Gasteiger charge is -2.41. The Labute approximate surface area is 169 Å². The predicted molar refractivity (Wildman–Crippen MR) is 113 cm³/mol. The first kappa shape index (κ1) is 20.8. The van der Waals surface area contributed by atoms with Crippen LogP contribution in [0.3, 0.4) is 0 Å². The van der Waals surface area contributed by atoms with Crippen molar-refractivity contribution in [3.05, 3.63) is 58.9 Å². The third-order valence-electron chi connectivity index (χ3n) is 5.36. The van der Waals surface area contributed by atoms with Crippen molar-refractivity contribution in [1.82, 2.24) is 15.2 Å². The molecule has 1 aliphatic heterocycles. The summed E-state index contributed by atoms with van der Waals surface area (Å²) in [6.45, 7) is 14.8. The number of hydrogen-bond donors (Lipinski definition) is 1. The van der Waals surface area contributed by atoms with E-state index >= 15 is 0 Å². The molecule has 0 atom stereocenters. The van der Waals surface area contributed by atoms with Gasteiger partial charge in [0.15, 0.2) is 0 Å². The second-order valence-electron chi connectivity index (χ2n) is 8.18. The third kappa shape index (κ3) is 5.53. The summed E-state index contributed by atoms with van der Waals surface area (Å²) in [5.41, 5.74) is 4.69. The van der Waals surface area contributed by atoms with E-state index in [0.29, 0.717) is 6.61 Å². The Morgan fingerprint density at radius 2 is 1.86 bits per heavy atom. The van der Waals surface area contributed by atoms with E-state index in [1.54, 1.807) is 6.20 Å². The molecule has 0 saturated carbocycles. The monoisotopic (exact) mass is 383 g/mol. The summed E-state index contributed by atoms with van der Waals surface area (Å²) in [5, 5.41) is 3.64. The Morgan fingerprint density at radius 3 is 2.50 bits per heavy atom. The molecule has 5 nitrogen and oxygen atoms in total. The number of nitrogens with one attached hydrogen (secondary N) is 1. The molecule has 1 aromatic carbocycles. The van der Waals surface area contributed by atoms with Gasteiger partial charge in [0.25, 0.3) is 0 Å². The minimum atomic E-state index is 0.125. The van der Waals surface area contributed by atoms with Crippen LogP contribution in [0.25, 0.3) is 0 Å². The molecule has 0 bridgehead atoms. The van der Waals surface area contributed by atoms with Crippen LogP contribution in [-0.2, 0) is 17.9 Å². The zero-order valence-electron chi connectivity index (χ0n) is 17.6. The maximum Gasteiger partial charge on any atom is 0.130 e. The zero-order valence-corrected chi connectivity index (χ0v) is 17.6. The van der Waals surface area contributed by atoms with Gasteiger partial charge in [-0.2, -0.15) is 0 Å². The molecule has 1 N–H and O–H groups in total. The summed E-state index contributed by atoms with van der Waals surface area (Å²) in [6, 6.07) is 10.3. The number of benzene rings is 1. The molecule has 2 aromatic rings. The van der Waals surface area contributed by atoms with Crippen molar-refractivity contribution in [2.45, 2.75) is 46.4 Å². The van der Waals surface area contributed by atoms with Crippen LogP contribution < -0.4 is 10.1 Å². The van der Waals surface area contributed by atoms with Gasteiger partial charge in [-0.1, -0.05) is 18.2 Å². The van der Waals surface area contributed by atoms with Gasteiger partial charge in [0.1, 0.15) is 12.4 Å². The average Bonchev–Trinajstić information content (AvgIpc) is 2.69. The highest BCUT2D eigenvalue weighted by Gasteiger charge is 2.27. The minimum Gasteiger partial charge on any atom is -0.487 e. The van der Waals surface area contributed by atoms with Crippen molar-refractivity contribution in [2.24, 2.45) is 0 Å². The smallest absolute Gasteiger partial charge is 0.130 e. The van der Waals surface area contributed by atoms with E-state index in [0.717, 1.165) is 50.8 Å². The van der Waals surface area contributed by atoms with Gasteiger partial charge in [0.05, 0.1) is 18.9 Å². The van der Waals surface area contributed by atoms with Gasteiger partial charge in [-0.25, -0.2) is 0 Å². The number of hydrogen-bond acceptors (Lipinski definition) is 5. The first-order valence-electron chi connectivity index (χ1n) is 10.1. The molecule has 0 unspecified atom stereocenters. The highest BCUT2D eigenvalue weighted by Crippen LogP contribution is 2.26. The summed E-state index contributed by atoms with van der Waals surface area (Å²) >= 11 is 0.